The van der Waals surface area contributed by atoms with E-state index < -0.39 is 5.97 Å². The molecule has 0 aliphatic rings. The fourth-order valence-electron chi connectivity index (χ4n) is 2.55. The molecular weight excluding hydrogens is 320 g/mol. The van der Waals surface area contributed by atoms with E-state index in [0.29, 0.717) is 22.5 Å². The van der Waals surface area contributed by atoms with Crippen molar-refractivity contribution in [3.8, 4) is 11.5 Å². The number of ether oxygens (including phenoxy) is 2. The number of nitrogens with zero attached hydrogens (tertiary/aromatic N) is 1. The first-order chi connectivity index (χ1) is 12.1. The quantitative estimate of drug-likeness (QED) is 0.543. The largest absolute Gasteiger partial charge is 0.508 e. The van der Waals surface area contributed by atoms with Crippen LogP contribution in [0, 0.1) is 0 Å². The summed E-state index contributed by atoms with van der Waals surface area (Å²) in [6, 6.07) is 12.1. The Labute approximate surface area is 145 Å². The number of hydrogen-bond donors (Lipinski definition) is 2. The van der Waals surface area contributed by atoms with Gasteiger partial charge in [-0.25, -0.2) is 4.79 Å². The van der Waals surface area contributed by atoms with Gasteiger partial charge in [-0.1, -0.05) is 12.1 Å². The number of aromatic hydroxyl groups is 1. The maximum Gasteiger partial charge on any atom is 0.341 e. The second kappa shape index (κ2) is 7.09. The predicted octanol–water partition coefficient (Wildman–Crippen LogP) is 3.87. The lowest BCUT2D eigenvalue weighted by Gasteiger charge is -2.15. The molecule has 3 aromatic rings. The van der Waals surface area contributed by atoms with E-state index in [9.17, 15) is 9.90 Å². The van der Waals surface area contributed by atoms with Gasteiger partial charge in [-0.05, 0) is 37.3 Å². The van der Waals surface area contributed by atoms with Crippen LogP contribution in [0.5, 0.6) is 11.5 Å². The SMILES string of the molecule is CCOC(=O)c1cnc2c(OC)cccc2c1Nc1ccc(O)cc1. The number of nitrogens with one attached hydrogen (secondary N) is 1. The summed E-state index contributed by atoms with van der Waals surface area (Å²) >= 11 is 0. The number of benzene rings is 2. The van der Waals surface area contributed by atoms with Gasteiger partial charge < -0.3 is 19.9 Å². The van der Waals surface area contributed by atoms with Crippen molar-refractivity contribution in [1.29, 1.82) is 0 Å². The van der Waals surface area contributed by atoms with E-state index in [-0.39, 0.29) is 12.4 Å². The minimum atomic E-state index is -0.457. The van der Waals surface area contributed by atoms with Crippen molar-refractivity contribution in [1.82, 2.24) is 4.98 Å². The third kappa shape index (κ3) is 3.33. The molecule has 1 heterocycles. The molecule has 0 aliphatic heterocycles. The lowest BCUT2D eigenvalue weighted by molar-refractivity contribution is 0.0527. The Morgan fingerprint density at radius 3 is 2.64 bits per heavy atom. The highest BCUT2D eigenvalue weighted by molar-refractivity contribution is 6.07. The van der Waals surface area contributed by atoms with Gasteiger partial charge in [0.15, 0.2) is 0 Å². The third-order valence-electron chi connectivity index (χ3n) is 3.71. The van der Waals surface area contributed by atoms with E-state index >= 15 is 0 Å². The third-order valence-corrected chi connectivity index (χ3v) is 3.71. The highest BCUT2D eigenvalue weighted by Crippen LogP contribution is 2.34. The van der Waals surface area contributed by atoms with Gasteiger partial charge in [0, 0.05) is 17.3 Å². The second-order valence-electron chi connectivity index (χ2n) is 5.30. The molecule has 0 aliphatic carbocycles. The van der Waals surface area contributed by atoms with Crippen LogP contribution in [0.25, 0.3) is 10.9 Å². The molecule has 0 unspecified atom stereocenters. The number of pyridine rings is 1. The van der Waals surface area contributed by atoms with Crippen molar-refractivity contribution >= 4 is 28.2 Å². The standard InChI is InChI=1S/C19H18N2O4/c1-3-25-19(23)15-11-20-18-14(5-4-6-16(18)24-2)17(15)21-12-7-9-13(22)10-8-12/h4-11,22H,3H2,1-2H3,(H,20,21). The summed E-state index contributed by atoms with van der Waals surface area (Å²) in [6.45, 7) is 2.02. The molecule has 25 heavy (non-hydrogen) atoms. The average molecular weight is 338 g/mol. The molecule has 0 atom stereocenters. The van der Waals surface area contributed by atoms with E-state index in [1.807, 2.05) is 18.2 Å². The summed E-state index contributed by atoms with van der Waals surface area (Å²) in [5, 5.41) is 13.4. The van der Waals surface area contributed by atoms with Gasteiger partial charge in [-0.3, -0.25) is 4.98 Å². The number of anilines is 2. The van der Waals surface area contributed by atoms with Gasteiger partial charge in [-0.15, -0.1) is 0 Å². The first-order valence-corrected chi connectivity index (χ1v) is 7.83. The molecule has 1 aromatic heterocycles. The smallest absolute Gasteiger partial charge is 0.341 e. The van der Waals surface area contributed by atoms with Crippen LogP contribution in [-0.2, 0) is 4.74 Å². The lowest BCUT2D eigenvalue weighted by atomic mass is 10.1. The monoisotopic (exact) mass is 338 g/mol. The van der Waals surface area contributed by atoms with Crippen molar-refractivity contribution in [3.63, 3.8) is 0 Å². The van der Waals surface area contributed by atoms with Crippen molar-refractivity contribution < 1.29 is 19.4 Å². The number of methoxy groups -OCH3 is 1. The fraction of sp³-hybridized carbons (Fsp3) is 0.158. The Morgan fingerprint density at radius 1 is 1.20 bits per heavy atom. The maximum absolute atomic E-state index is 12.3. The van der Waals surface area contributed by atoms with Crippen LogP contribution in [0.15, 0.2) is 48.7 Å². The molecular formula is C19H18N2O4. The molecule has 0 spiro atoms. The Balaban J connectivity index is 2.17. The number of para-hydroxylation sites is 1. The van der Waals surface area contributed by atoms with Crippen LogP contribution in [0.1, 0.15) is 17.3 Å². The number of rotatable bonds is 5. The molecule has 6 nitrogen and oxygen atoms in total. The van der Waals surface area contributed by atoms with E-state index in [4.69, 9.17) is 9.47 Å². The molecule has 0 bridgehead atoms. The fourth-order valence-corrected chi connectivity index (χ4v) is 2.55. The summed E-state index contributed by atoms with van der Waals surface area (Å²) in [7, 11) is 1.57. The van der Waals surface area contributed by atoms with Crippen LogP contribution in [0.2, 0.25) is 0 Å². The van der Waals surface area contributed by atoms with Crippen molar-refractivity contribution in [2.45, 2.75) is 6.92 Å². The van der Waals surface area contributed by atoms with Gasteiger partial charge in [0.05, 0.1) is 19.4 Å². The number of carbonyl (C=O) groups is 1. The Bertz CT molecular complexity index is 907. The summed E-state index contributed by atoms with van der Waals surface area (Å²) in [5.41, 5.74) is 2.27. The minimum Gasteiger partial charge on any atom is -0.508 e. The zero-order valence-electron chi connectivity index (χ0n) is 13.9. The normalized spacial score (nSPS) is 10.5. The summed E-state index contributed by atoms with van der Waals surface area (Å²) < 4.78 is 10.5. The molecule has 0 fully saturated rings. The number of carbonyl (C=O) groups excluding carboxylic acids is 1. The Hall–Kier alpha value is -3.28. The first kappa shape index (κ1) is 16.6. The Morgan fingerprint density at radius 2 is 1.96 bits per heavy atom. The van der Waals surface area contributed by atoms with Crippen LogP contribution >= 0.6 is 0 Å². The average Bonchev–Trinajstić information content (AvgIpc) is 2.63. The summed E-state index contributed by atoms with van der Waals surface area (Å²) in [5.74, 6) is 0.320. The zero-order chi connectivity index (χ0) is 17.8. The van der Waals surface area contributed by atoms with Gasteiger partial charge in [-0.2, -0.15) is 0 Å². The van der Waals surface area contributed by atoms with Crippen molar-refractivity contribution in [2.24, 2.45) is 0 Å². The van der Waals surface area contributed by atoms with Gasteiger partial charge in [0.1, 0.15) is 22.6 Å². The molecule has 3 rings (SSSR count). The number of hydrogen-bond acceptors (Lipinski definition) is 6. The van der Waals surface area contributed by atoms with Gasteiger partial charge >= 0.3 is 5.97 Å². The summed E-state index contributed by atoms with van der Waals surface area (Å²) in [6.07, 6.45) is 1.48. The van der Waals surface area contributed by atoms with E-state index in [1.165, 1.54) is 6.20 Å². The predicted molar refractivity (Wildman–Crippen MR) is 95.6 cm³/mol. The van der Waals surface area contributed by atoms with Crippen molar-refractivity contribution in [2.75, 3.05) is 19.0 Å². The number of phenols is 1. The van der Waals surface area contributed by atoms with E-state index in [0.717, 1.165) is 11.1 Å². The second-order valence-corrected chi connectivity index (χ2v) is 5.30. The first-order valence-electron chi connectivity index (χ1n) is 7.83. The molecule has 0 radical (unpaired) electrons. The van der Waals surface area contributed by atoms with E-state index in [2.05, 4.69) is 10.3 Å². The molecule has 0 saturated heterocycles. The molecule has 2 N–H and O–H groups in total. The lowest BCUT2D eigenvalue weighted by Crippen LogP contribution is -2.09. The highest BCUT2D eigenvalue weighted by atomic mass is 16.5. The topological polar surface area (TPSA) is 80.7 Å². The number of fused-ring (bicyclic) bond motifs is 1. The number of aromatic nitrogens is 1. The summed E-state index contributed by atoms with van der Waals surface area (Å²) in [4.78, 5) is 16.7. The minimum absolute atomic E-state index is 0.164. The molecule has 128 valence electrons. The number of esters is 1. The van der Waals surface area contributed by atoms with Crippen LogP contribution in [-0.4, -0.2) is 29.8 Å². The Kier molecular flexibility index (Phi) is 4.70. The van der Waals surface area contributed by atoms with Crippen LogP contribution < -0.4 is 10.1 Å². The van der Waals surface area contributed by atoms with E-state index in [1.54, 1.807) is 38.3 Å². The van der Waals surface area contributed by atoms with Gasteiger partial charge in [0.25, 0.3) is 0 Å². The van der Waals surface area contributed by atoms with Crippen molar-refractivity contribution in [3.05, 3.63) is 54.2 Å². The van der Waals surface area contributed by atoms with Gasteiger partial charge in [0.2, 0.25) is 0 Å². The van der Waals surface area contributed by atoms with Crippen LogP contribution in [0.4, 0.5) is 11.4 Å². The maximum atomic E-state index is 12.3. The highest BCUT2D eigenvalue weighted by Gasteiger charge is 2.18. The number of phenolic OH excluding ortho intramolecular Hbond substituents is 1. The molecule has 0 amide bonds. The molecule has 6 heteroatoms. The van der Waals surface area contributed by atoms with Crippen LogP contribution in [0.3, 0.4) is 0 Å². The molecule has 0 saturated carbocycles. The molecule has 2 aromatic carbocycles. The zero-order valence-corrected chi connectivity index (χ0v) is 13.9.